The van der Waals surface area contributed by atoms with Crippen molar-refractivity contribution in [3.8, 4) is 5.88 Å². The van der Waals surface area contributed by atoms with E-state index in [4.69, 9.17) is 4.74 Å². The van der Waals surface area contributed by atoms with Crippen molar-refractivity contribution in [2.75, 3.05) is 0 Å². The highest BCUT2D eigenvalue weighted by Crippen LogP contribution is 2.31. The lowest BCUT2D eigenvalue weighted by Gasteiger charge is -2.05. The molecule has 0 atom stereocenters. The molecule has 3 nitrogen and oxygen atoms in total. The van der Waals surface area contributed by atoms with Crippen LogP contribution in [0.15, 0.2) is 22.9 Å². The number of nitrogens with zero attached hydrogens (tertiary/aromatic N) is 2. The van der Waals surface area contributed by atoms with E-state index in [2.05, 4.69) is 25.9 Å². The summed E-state index contributed by atoms with van der Waals surface area (Å²) in [5.74, 6) is -3.76. The molecule has 2 aromatic heterocycles. The summed E-state index contributed by atoms with van der Waals surface area (Å²) in [7, 11) is 0. The highest BCUT2D eigenvalue weighted by molar-refractivity contribution is 9.10. The van der Waals surface area contributed by atoms with Crippen molar-refractivity contribution in [1.82, 2.24) is 9.97 Å². The third kappa shape index (κ3) is 3.66. The van der Waals surface area contributed by atoms with Crippen LogP contribution in [-0.2, 0) is 12.5 Å². The molecule has 0 saturated heterocycles. The van der Waals surface area contributed by atoms with Gasteiger partial charge in [0.15, 0.2) is 5.82 Å². The summed E-state index contributed by atoms with van der Waals surface area (Å²) in [5.41, 5.74) is 0. The third-order valence-corrected chi connectivity index (χ3v) is 3.68. The van der Waals surface area contributed by atoms with Crippen molar-refractivity contribution in [3.63, 3.8) is 0 Å². The Morgan fingerprint density at radius 1 is 1.42 bits per heavy atom. The van der Waals surface area contributed by atoms with Gasteiger partial charge < -0.3 is 4.74 Å². The number of hydrogen-bond acceptors (Lipinski definition) is 4. The van der Waals surface area contributed by atoms with Gasteiger partial charge in [0.05, 0.1) is 4.88 Å². The Kier molecular flexibility index (Phi) is 4.10. The van der Waals surface area contributed by atoms with Crippen LogP contribution in [0.25, 0.3) is 0 Å². The number of aromatic nitrogens is 2. The van der Waals surface area contributed by atoms with E-state index in [9.17, 15) is 13.2 Å². The van der Waals surface area contributed by atoms with Crippen molar-refractivity contribution in [1.29, 1.82) is 0 Å². The average Bonchev–Trinajstić information content (AvgIpc) is 2.79. The number of halogens is 4. The van der Waals surface area contributed by atoms with E-state index in [0.29, 0.717) is 9.61 Å². The number of hydrogen-bond donors (Lipinski definition) is 0. The number of alkyl halides is 2. The molecular formula is C11H8BrF3N2OS. The molecule has 2 heterocycles. The van der Waals surface area contributed by atoms with Crippen molar-refractivity contribution >= 4 is 27.3 Å². The lowest BCUT2D eigenvalue weighted by molar-refractivity contribution is 0.0213. The van der Waals surface area contributed by atoms with E-state index in [1.54, 1.807) is 0 Å². The number of thiazole rings is 1. The van der Waals surface area contributed by atoms with E-state index >= 15 is 0 Å². The molecular weight excluding hydrogens is 345 g/mol. The molecule has 0 bridgehead atoms. The van der Waals surface area contributed by atoms with Crippen LogP contribution in [0.4, 0.5) is 13.2 Å². The topological polar surface area (TPSA) is 35.0 Å². The summed E-state index contributed by atoms with van der Waals surface area (Å²) in [5, 5.41) is 0.331. The first-order valence-electron chi connectivity index (χ1n) is 5.14. The molecule has 8 heteroatoms. The summed E-state index contributed by atoms with van der Waals surface area (Å²) in [6.45, 7) is 0.682. The van der Waals surface area contributed by atoms with Gasteiger partial charge in [-0.05, 0) is 28.1 Å². The van der Waals surface area contributed by atoms with Crippen LogP contribution in [0.1, 0.15) is 16.8 Å². The average molecular weight is 353 g/mol. The Bertz CT molecular complexity index is 586. The predicted molar refractivity (Wildman–Crippen MR) is 67.9 cm³/mol. The second-order valence-corrected chi connectivity index (χ2v) is 5.64. The molecule has 0 aliphatic carbocycles. The Hall–Kier alpha value is -1.15. The minimum Gasteiger partial charge on any atom is -0.468 e. The monoisotopic (exact) mass is 352 g/mol. The molecule has 0 aliphatic rings. The third-order valence-electron chi connectivity index (χ3n) is 2.10. The summed E-state index contributed by atoms with van der Waals surface area (Å²) < 4.78 is 44.9. The maximum atomic E-state index is 13.3. The molecule has 0 aliphatic heterocycles. The van der Waals surface area contributed by atoms with Crippen LogP contribution in [0, 0.1) is 5.82 Å². The Morgan fingerprint density at radius 2 is 2.16 bits per heavy atom. The standard InChI is InChI=1S/C11H8BrF3N2OS/c1-11(14,15)7-4-16-9(19-7)5-18-10-6(13)2-3-8(12)17-10/h2-4H,5H2,1H3. The summed E-state index contributed by atoms with van der Waals surface area (Å²) in [6, 6.07) is 2.63. The molecule has 2 aromatic rings. The molecule has 0 unspecified atom stereocenters. The summed E-state index contributed by atoms with van der Waals surface area (Å²) in [4.78, 5) is 7.43. The zero-order valence-corrected chi connectivity index (χ0v) is 12.1. The number of rotatable bonds is 4. The number of pyridine rings is 1. The minimum absolute atomic E-state index is 0.110. The SMILES string of the molecule is CC(F)(F)c1cnc(COc2nc(Br)ccc2F)s1. The highest BCUT2D eigenvalue weighted by Gasteiger charge is 2.27. The lowest BCUT2D eigenvalue weighted by atomic mass is 10.3. The fraction of sp³-hybridized carbons (Fsp3) is 0.273. The van der Waals surface area contributed by atoms with Gasteiger partial charge in [-0.15, -0.1) is 11.3 Å². The van der Waals surface area contributed by atoms with Crippen molar-refractivity contribution in [2.45, 2.75) is 19.5 Å². The van der Waals surface area contributed by atoms with Crippen molar-refractivity contribution in [2.24, 2.45) is 0 Å². The fourth-order valence-electron chi connectivity index (χ4n) is 1.21. The molecule has 0 spiro atoms. The first kappa shape index (κ1) is 14.3. The fourth-order valence-corrected chi connectivity index (χ4v) is 2.27. The van der Waals surface area contributed by atoms with Crippen LogP contribution in [-0.4, -0.2) is 9.97 Å². The van der Waals surface area contributed by atoms with E-state index in [-0.39, 0.29) is 17.4 Å². The minimum atomic E-state index is -2.94. The normalized spacial score (nSPS) is 11.6. The van der Waals surface area contributed by atoms with Gasteiger partial charge in [0.1, 0.15) is 16.2 Å². The van der Waals surface area contributed by atoms with E-state index in [0.717, 1.165) is 24.5 Å². The molecule has 19 heavy (non-hydrogen) atoms. The van der Waals surface area contributed by atoms with Gasteiger partial charge in [-0.2, -0.15) is 0 Å². The van der Waals surface area contributed by atoms with E-state index < -0.39 is 11.7 Å². The molecule has 0 aromatic carbocycles. The van der Waals surface area contributed by atoms with E-state index in [1.807, 2.05) is 0 Å². The lowest BCUT2D eigenvalue weighted by Crippen LogP contribution is -2.03. The van der Waals surface area contributed by atoms with Gasteiger partial charge in [-0.1, -0.05) is 0 Å². The zero-order chi connectivity index (χ0) is 14.0. The van der Waals surface area contributed by atoms with Gasteiger partial charge in [-0.3, -0.25) is 0 Å². The van der Waals surface area contributed by atoms with Gasteiger partial charge in [0, 0.05) is 13.1 Å². The molecule has 0 fully saturated rings. The highest BCUT2D eigenvalue weighted by atomic mass is 79.9. The van der Waals surface area contributed by atoms with Crippen molar-refractivity contribution in [3.05, 3.63) is 38.6 Å². The first-order valence-corrected chi connectivity index (χ1v) is 6.75. The summed E-state index contributed by atoms with van der Waals surface area (Å²) in [6.07, 6.45) is 1.09. The van der Waals surface area contributed by atoms with Gasteiger partial charge >= 0.3 is 0 Å². The maximum absolute atomic E-state index is 13.3. The molecule has 2 rings (SSSR count). The predicted octanol–water partition coefficient (Wildman–Crippen LogP) is 4.13. The van der Waals surface area contributed by atoms with Crippen LogP contribution < -0.4 is 4.74 Å². The largest absolute Gasteiger partial charge is 0.468 e. The van der Waals surface area contributed by atoms with Crippen molar-refractivity contribution < 1.29 is 17.9 Å². The Balaban J connectivity index is 2.06. The first-order chi connectivity index (χ1) is 8.86. The second-order valence-electron chi connectivity index (χ2n) is 3.72. The molecule has 0 amide bonds. The molecule has 0 radical (unpaired) electrons. The second kappa shape index (κ2) is 5.46. The van der Waals surface area contributed by atoms with Crippen LogP contribution in [0.5, 0.6) is 5.88 Å². The quantitative estimate of drug-likeness (QED) is 0.776. The van der Waals surface area contributed by atoms with Crippen LogP contribution in [0.2, 0.25) is 0 Å². The van der Waals surface area contributed by atoms with Crippen LogP contribution in [0.3, 0.4) is 0 Å². The number of ether oxygens (including phenoxy) is 1. The zero-order valence-electron chi connectivity index (χ0n) is 9.66. The van der Waals surface area contributed by atoms with Gasteiger partial charge in [-0.25, -0.2) is 23.1 Å². The molecule has 0 N–H and O–H groups in total. The van der Waals surface area contributed by atoms with E-state index in [1.165, 1.54) is 12.1 Å². The smallest absolute Gasteiger partial charge is 0.281 e. The molecule has 0 saturated carbocycles. The maximum Gasteiger partial charge on any atom is 0.281 e. The Labute approximate surface area is 119 Å². The molecule has 102 valence electrons. The summed E-state index contributed by atoms with van der Waals surface area (Å²) >= 11 is 3.90. The van der Waals surface area contributed by atoms with Crippen LogP contribution >= 0.6 is 27.3 Å². The van der Waals surface area contributed by atoms with Gasteiger partial charge in [0.25, 0.3) is 11.8 Å². The Morgan fingerprint density at radius 3 is 2.79 bits per heavy atom. The van der Waals surface area contributed by atoms with Gasteiger partial charge in [0.2, 0.25) is 0 Å².